The molecule has 0 atom stereocenters. The molecular weight excluding hydrogens is 394 g/mol. The number of hydrogen-bond donors (Lipinski definition) is 0. The van der Waals surface area contributed by atoms with Crippen molar-refractivity contribution in [2.24, 2.45) is 0 Å². The third-order valence-corrected chi connectivity index (χ3v) is 7.39. The summed E-state index contributed by atoms with van der Waals surface area (Å²) in [6, 6.07) is 8.15. The van der Waals surface area contributed by atoms with Crippen molar-refractivity contribution < 1.29 is 13.3 Å². The Morgan fingerprint density at radius 3 is 2.14 bits per heavy atom. The number of benzene rings is 1. The quantitative estimate of drug-likeness (QED) is 0.542. The lowest BCUT2D eigenvalue weighted by atomic mass is 10.2. The Labute approximate surface area is 169 Å². The van der Waals surface area contributed by atoms with Gasteiger partial charge in [-0.2, -0.15) is 4.31 Å². The van der Waals surface area contributed by atoms with Crippen LogP contribution in [0.4, 0.5) is 17.1 Å². The zero-order valence-corrected chi connectivity index (χ0v) is 16.8. The molecule has 3 heterocycles. The topological polar surface area (TPSA) is 99.9 Å². The van der Waals surface area contributed by atoms with Crippen molar-refractivity contribution >= 4 is 27.1 Å². The smallest absolute Gasteiger partial charge is 0.293 e. The van der Waals surface area contributed by atoms with E-state index in [4.69, 9.17) is 0 Å². The van der Waals surface area contributed by atoms with Crippen LogP contribution < -0.4 is 9.80 Å². The van der Waals surface area contributed by atoms with Crippen LogP contribution in [0, 0.1) is 10.1 Å². The van der Waals surface area contributed by atoms with E-state index in [9.17, 15) is 18.5 Å². The van der Waals surface area contributed by atoms with Crippen molar-refractivity contribution in [3.63, 3.8) is 0 Å². The van der Waals surface area contributed by atoms with E-state index in [1.165, 1.54) is 16.4 Å². The predicted molar refractivity (Wildman–Crippen MR) is 110 cm³/mol. The molecule has 2 aliphatic heterocycles. The molecule has 0 N–H and O–H groups in total. The van der Waals surface area contributed by atoms with E-state index < -0.39 is 14.9 Å². The Hall–Kier alpha value is -2.72. The van der Waals surface area contributed by atoms with Crippen LogP contribution in [0.25, 0.3) is 0 Å². The number of anilines is 2. The van der Waals surface area contributed by atoms with E-state index in [2.05, 4.69) is 9.88 Å². The van der Waals surface area contributed by atoms with E-state index in [-0.39, 0.29) is 10.6 Å². The van der Waals surface area contributed by atoms with Gasteiger partial charge < -0.3 is 9.80 Å². The van der Waals surface area contributed by atoms with E-state index >= 15 is 0 Å². The van der Waals surface area contributed by atoms with Gasteiger partial charge in [0.05, 0.1) is 9.82 Å². The fraction of sp³-hybridized carbons (Fsp3) is 0.421. The molecule has 0 amide bonds. The normalized spacial score (nSPS) is 18.2. The van der Waals surface area contributed by atoms with Gasteiger partial charge in [-0.05, 0) is 37.1 Å². The van der Waals surface area contributed by atoms with Gasteiger partial charge in [0, 0.05) is 63.4 Å². The van der Waals surface area contributed by atoms with Gasteiger partial charge in [0.25, 0.3) is 5.69 Å². The fourth-order valence-electron chi connectivity index (χ4n) is 3.92. The summed E-state index contributed by atoms with van der Waals surface area (Å²) in [5.41, 5.74) is 1.37. The number of pyridine rings is 1. The standard InChI is InChI=1S/C19H23N5O4S/c25-24(26)19-15-17(29(27,28)23-9-1-2-10-23)3-4-18(19)22-13-11-21(12-14-22)16-5-7-20-8-6-16/h3-8,15H,1-2,9-14H2. The summed E-state index contributed by atoms with van der Waals surface area (Å²) in [7, 11) is -3.69. The lowest BCUT2D eigenvalue weighted by Crippen LogP contribution is -2.46. The lowest BCUT2D eigenvalue weighted by Gasteiger charge is -2.37. The van der Waals surface area contributed by atoms with Gasteiger partial charge in [-0.15, -0.1) is 0 Å². The van der Waals surface area contributed by atoms with Crippen molar-refractivity contribution in [1.82, 2.24) is 9.29 Å². The van der Waals surface area contributed by atoms with Crippen LogP contribution in [-0.2, 0) is 10.0 Å². The average molecular weight is 417 g/mol. The van der Waals surface area contributed by atoms with Crippen molar-refractivity contribution in [1.29, 1.82) is 0 Å². The number of aromatic nitrogens is 1. The predicted octanol–water partition coefficient (Wildman–Crippen LogP) is 2.10. The van der Waals surface area contributed by atoms with Crippen LogP contribution in [0.5, 0.6) is 0 Å². The molecule has 0 spiro atoms. The average Bonchev–Trinajstić information content (AvgIpc) is 3.30. The van der Waals surface area contributed by atoms with Gasteiger partial charge in [-0.3, -0.25) is 15.1 Å². The van der Waals surface area contributed by atoms with Crippen LogP contribution in [-0.4, -0.2) is 61.9 Å². The summed E-state index contributed by atoms with van der Waals surface area (Å²) in [6.07, 6.45) is 5.13. The SMILES string of the molecule is O=[N+]([O-])c1cc(S(=O)(=O)N2CCCC2)ccc1N1CCN(c2ccncc2)CC1. The third kappa shape index (κ3) is 3.90. The van der Waals surface area contributed by atoms with Crippen LogP contribution in [0.2, 0.25) is 0 Å². The highest BCUT2D eigenvalue weighted by atomic mass is 32.2. The number of nitrogens with zero attached hydrogens (tertiary/aromatic N) is 5. The Bertz CT molecular complexity index is 985. The second-order valence-corrected chi connectivity index (χ2v) is 9.14. The number of piperazine rings is 1. The van der Waals surface area contributed by atoms with Crippen LogP contribution in [0.3, 0.4) is 0 Å². The van der Waals surface area contributed by atoms with Crippen molar-refractivity contribution in [3.05, 3.63) is 52.8 Å². The van der Waals surface area contributed by atoms with E-state index in [0.717, 1.165) is 31.6 Å². The van der Waals surface area contributed by atoms with Gasteiger partial charge >= 0.3 is 0 Å². The monoisotopic (exact) mass is 417 g/mol. The molecule has 0 saturated carbocycles. The first-order valence-corrected chi connectivity index (χ1v) is 11.1. The van der Waals surface area contributed by atoms with E-state index in [1.54, 1.807) is 18.5 Å². The highest BCUT2D eigenvalue weighted by molar-refractivity contribution is 7.89. The van der Waals surface area contributed by atoms with Gasteiger partial charge in [-0.1, -0.05) is 0 Å². The molecule has 2 saturated heterocycles. The summed E-state index contributed by atoms with van der Waals surface area (Å²) in [4.78, 5) is 19.4. The summed E-state index contributed by atoms with van der Waals surface area (Å²) >= 11 is 0. The fourth-order valence-corrected chi connectivity index (χ4v) is 5.45. The highest BCUT2D eigenvalue weighted by Crippen LogP contribution is 2.33. The van der Waals surface area contributed by atoms with Crippen molar-refractivity contribution in [2.75, 3.05) is 49.1 Å². The summed E-state index contributed by atoms with van der Waals surface area (Å²) in [5, 5.41) is 11.7. The summed E-state index contributed by atoms with van der Waals surface area (Å²) in [5.74, 6) is 0. The first kappa shape index (κ1) is 19.6. The molecule has 0 unspecified atom stereocenters. The molecule has 2 fully saturated rings. The second kappa shape index (κ2) is 7.96. The van der Waals surface area contributed by atoms with Crippen LogP contribution >= 0.6 is 0 Å². The number of hydrogen-bond acceptors (Lipinski definition) is 7. The Morgan fingerprint density at radius 2 is 1.52 bits per heavy atom. The molecule has 29 heavy (non-hydrogen) atoms. The molecule has 9 nitrogen and oxygen atoms in total. The maximum absolute atomic E-state index is 12.8. The van der Waals surface area contributed by atoms with Gasteiger partial charge in [-0.25, -0.2) is 8.42 Å². The third-order valence-electron chi connectivity index (χ3n) is 5.49. The zero-order chi connectivity index (χ0) is 20.4. The lowest BCUT2D eigenvalue weighted by molar-refractivity contribution is -0.384. The van der Waals surface area contributed by atoms with Crippen LogP contribution in [0.1, 0.15) is 12.8 Å². The van der Waals surface area contributed by atoms with Gasteiger partial charge in [0.1, 0.15) is 5.69 Å². The second-order valence-electron chi connectivity index (χ2n) is 7.20. The molecule has 2 aromatic rings. The molecule has 0 bridgehead atoms. The van der Waals surface area contributed by atoms with Gasteiger partial charge in [0.2, 0.25) is 10.0 Å². The maximum Gasteiger partial charge on any atom is 0.293 e. The largest absolute Gasteiger partial charge is 0.368 e. The van der Waals surface area contributed by atoms with Gasteiger partial charge in [0.15, 0.2) is 0 Å². The Morgan fingerprint density at radius 1 is 0.897 bits per heavy atom. The molecule has 1 aromatic carbocycles. The maximum atomic E-state index is 12.8. The van der Waals surface area contributed by atoms with Crippen molar-refractivity contribution in [3.8, 4) is 0 Å². The molecule has 0 radical (unpaired) electrons. The minimum atomic E-state index is -3.69. The number of nitro groups is 1. The first-order valence-electron chi connectivity index (χ1n) is 9.65. The minimum absolute atomic E-state index is 0.00901. The number of sulfonamides is 1. The molecule has 0 aliphatic carbocycles. The van der Waals surface area contributed by atoms with Crippen molar-refractivity contribution in [2.45, 2.75) is 17.7 Å². The number of rotatable bonds is 5. The first-order chi connectivity index (χ1) is 14.0. The summed E-state index contributed by atoms with van der Waals surface area (Å²) < 4.78 is 27.0. The van der Waals surface area contributed by atoms with Crippen LogP contribution in [0.15, 0.2) is 47.6 Å². The molecule has 4 rings (SSSR count). The molecule has 154 valence electrons. The number of nitro benzene ring substituents is 1. The Kier molecular flexibility index (Phi) is 5.37. The molecular formula is C19H23N5O4S. The zero-order valence-electron chi connectivity index (χ0n) is 16.0. The highest BCUT2D eigenvalue weighted by Gasteiger charge is 2.31. The molecule has 10 heteroatoms. The minimum Gasteiger partial charge on any atom is -0.368 e. The molecule has 2 aliphatic rings. The molecule has 1 aromatic heterocycles. The summed E-state index contributed by atoms with van der Waals surface area (Å²) in [6.45, 7) is 3.59. The Balaban J connectivity index is 1.56. The van der Waals surface area contributed by atoms with E-state index in [1.807, 2.05) is 17.0 Å². The van der Waals surface area contributed by atoms with E-state index in [0.29, 0.717) is 31.9 Å².